The Hall–Kier alpha value is -1.42. The molecular formula is C13H17NO2S. The molecule has 0 atom stereocenters. The summed E-state index contributed by atoms with van der Waals surface area (Å²) in [4.78, 5) is 11.8. The van der Waals surface area contributed by atoms with E-state index in [9.17, 15) is 4.79 Å². The highest BCUT2D eigenvalue weighted by atomic mass is 32.2. The molecule has 3 N–H and O–H groups in total. The number of aryl methyl sites for hydroxylation is 1. The molecule has 0 heterocycles. The summed E-state index contributed by atoms with van der Waals surface area (Å²) in [6.07, 6.45) is 2.29. The molecule has 0 unspecified atom stereocenters. The number of aliphatic carboxylic acids is 1. The number of nitrogens with two attached hydrogens (primary N) is 1. The van der Waals surface area contributed by atoms with Crippen LogP contribution in [0.3, 0.4) is 0 Å². The summed E-state index contributed by atoms with van der Waals surface area (Å²) in [6, 6.07) is 5.85. The maximum atomic E-state index is 10.8. The van der Waals surface area contributed by atoms with Gasteiger partial charge in [-0.15, -0.1) is 11.8 Å². The highest BCUT2D eigenvalue weighted by Crippen LogP contribution is 2.26. The molecule has 92 valence electrons. The molecule has 3 nitrogen and oxygen atoms in total. The SMILES string of the molecule is CCC(=CCSc1cc(C)ccc1N)C(=O)O. The Morgan fingerprint density at radius 3 is 2.82 bits per heavy atom. The Labute approximate surface area is 106 Å². The summed E-state index contributed by atoms with van der Waals surface area (Å²) >= 11 is 1.56. The molecule has 0 radical (unpaired) electrons. The Bertz CT molecular complexity index is 441. The van der Waals surface area contributed by atoms with Crippen LogP contribution in [-0.2, 0) is 4.79 Å². The van der Waals surface area contributed by atoms with E-state index >= 15 is 0 Å². The van der Waals surface area contributed by atoms with Crippen molar-refractivity contribution in [3.63, 3.8) is 0 Å². The molecule has 4 heteroatoms. The predicted octanol–water partition coefficient (Wildman–Crippen LogP) is 3.09. The second-order valence-electron chi connectivity index (χ2n) is 3.74. The average molecular weight is 251 g/mol. The van der Waals surface area contributed by atoms with E-state index in [1.807, 2.05) is 32.0 Å². The topological polar surface area (TPSA) is 63.3 Å². The van der Waals surface area contributed by atoms with Crippen molar-refractivity contribution in [2.75, 3.05) is 11.5 Å². The van der Waals surface area contributed by atoms with Gasteiger partial charge in [0, 0.05) is 21.9 Å². The first-order valence-corrected chi connectivity index (χ1v) is 6.44. The minimum absolute atomic E-state index is 0.448. The maximum absolute atomic E-state index is 10.8. The molecule has 0 spiro atoms. The number of carbonyl (C=O) groups is 1. The molecule has 0 bridgehead atoms. The number of rotatable bonds is 5. The average Bonchev–Trinajstić information content (AvgIpc) is 2.28. The van der Waals surface area contributed by atoms with Crippen LogP contribution in [0.1, 0.15) is 18.9 Å². The number of nitrogen functional groups attached to an aromatic ring is 1. The van der Waals surface area contributed by atoms with Crippen LogP contribution in [-0.4, -0.2) is 16.8 Å². The third kappa shape index (κ3) is 4.15. The summed E-state index contributed by atoms with van der Waals surface area (Å²) in [5, 5.41) is 8.87. The lowest BCUT2D eigenvalue weighted by Gasteiger charge is -2.05. The van der Waals surface area contributed by atoms with Gasteiger partial charge in [-0.1, -0.05) is 19.1 Å². The molecular weight excluding hydrogens is 234 g/mol. The molecule has 0 aliphatic heterocycles. The molecule has 0 saturated carbocycles. The number of carboxylic acid groups (broad SMARTS) is 1. The highest BCUT2D eigenvalue weighted by Gasteiger charge is 2.04. The third-order valence-corrected chi connectivity index (χ3v) is 3.39. The summed E-state index contributed by atoms with van der Waals surface area (Å²) in [7, 11) is 0. The molecule has 0 saturated heterocycles. The van der Waals surface area contributed by atoms with Gasteiger partial charge in [0.05, 0.1) is 0 Å². The van der Waals surface area contributed by atoms with Gasteiger partial charge in [-0.25, -0.2) is 4.79 Å². The zero-order valence-electron chi connectivity index (χ0n) is 10.1. The smallest absolute Gasteiger partial charge is 0.331 e. The molecule has 0 aromatic heterocycles. The van der Waals surface area contributed by atoms with Crippen LogP contribution in [0.15, 0.2) is 34.7 Å². The lowest BCUT2D eigenvalue weighted by Crippen LogP contribution is -1.99. The predicted molar refractivity (Wildman–Crippen MR) is 72.3 cm³/mol. The van der Waals surface area contributed by atoms with E-state index in [1.54, 1.807) is 17.8 Å². The van der Waals surface area contributed by atoms with E-state index in [2.05, 4.69) is 0 Å². The summed E-state index contributed by atoms with van der Waals surface area (Å²) < 4.78 is 0. The minimum atomic E-state index is -0.842. The maximum Gasteiger partial charge on any atom is 0.331 e. The zero-order valence-corrected chi connectivity index (χ0v) is 10.9. The van der Waals surface area contributed by atoms with Crippen molar-refractivity contribution in [3.8, 4) is 0 Å². The summed E-state index contributed by atoms with van der Waals surface area (Å²) in [5.74, 6) is -0.214. The third-order valence-electron chi connectivity index (χ3n) is 2.39. The van der Waals surface area contributed by atoms with Crippen molar-refractivity contribution in [1.82, 2.24) is 0 Å². The van der Waals surface area contributed by atoms with E-state index in [1.165, 1.54) is 0 Å². The molecule has 0 aliphatic rings. The normalized spacial score (nSPS) is 11.5. The first-order chi connectivity index (χ1) is 8.04. The summed E-state index contributed by atoms with van der Waals surface area (Å²) in [6.45, 7) is 3.85. The van der Waals surface area contributed by atoms with Gasteiger partial charge < -0.3 is 10.8 Å². The molecule has 0 fully saturated rings. The standard InChI is InChI=1S/C13H17NO2S/c1-3-10(13(15)16)6-7-17-12-8-9(2)4-5-11(12)14/h4-6,8H,3,7,14H2,1-2H3,(H,15,16). The van der Waals surface area contributed by atoms with Crippen molar-refractivity contribution in [3.05, 3.63) is 35.4 Å². The number of carboxylic acids is 1. The first kappa shape index (κ1) is 13.6. The largest absolute Gasteiger partial charge is 0.478 e. The number of anilines is 1. The van der Waals surface area contributed by atoms with Crippen LogP contribution < -0.4 is 5.73 Å². The lowest BCUT2D eigenvalue weighted by atomic mass is 10.2. The number of benzene rings is 1. The monoisotopic (exact) mass is 251 g/mol. The van der Waals surface area contributed by atoms with E-state index in [0.29, 0.717) is 17.7 Å². The van der Waals surface area contributed by atoms with Gasteiger partial charge in [-0.3, -0.25) is 0 Å². The van der Waals surface area contributed by atoms with Crippen LogP contribution >= 0.6 is 11.8 Å². The fourth-order valence-electron chi connectivity index (χ4n) is 1.38. The highest BCUT2D eigenvalue weighted by molar-refractivity contribution is 7.99. The van der Waals surface area contributed by atoms with Gasteiger partial charge in [-0.05, 0) is 31.0 Å². The van der Waals surface area contributed by atoms with Gasteiger partial charge in [0.1, 0.15) is 0 Å². The van der Waals surface area contributed by atoms with Gasteiger partial charge in [0.15, 0.2) is 0 Å². The molecule has 1 aromatic carbocycles. The van der Waals surface area contributed by atoms with Crippen molar-refractivity contribution >= 4 is 23.4 Å². The summed E-state index contributed by atoms with van der Waals surface area (Å²) in [5.41, 5.74) is 8.18. The van der Waals surface area contributed by atoms with Gasteiger partial charge >= 0.3 is 5.97 Å². The number of hydrogen-bond donors (Lipinski definition) is 2. The molecule has 17 heavy (non-hydrogen) atoms. The number of hydrogen-bond acceptors (Lipinski definition) is 3. The molecule has 1 rings (SSSR count). The fourth-order valence-corrected chi connectivity index (χ4v) is 2.35. The lowest BCUT2D eigenvalue weighted by molar-refractivity contribution is -0.132. The molecule has 0 amide bonds. The van der Waals surface area contributed by atoms with Gasteiger partial charge in [0.25, 0.3) is 0 Å². The Balaban J connectivity index is 2.67. The van der Waals surface area contributed by atoms with Crippen LogP contribution in [0.4, 0.5) is 5.69 Å². The molecule has 0 aliphatic carbocycles. The van der Waals surface area contributed by atoms with Crippen LogP contribution in [0.25, 0.3) is 0 Å². The fraction of sp³-hybridized carbons (Fsp3) is 0.308. The van der Waals surface area contributed by atoms with Crippen LogP contribution in [0.5, 0.6) is 0 Å². The van der Waals surface area contributed by atoms with Crippen LogP contribution in [0.2, 0.25) is 0 Å². The second-order valence-corrected chi connectivity index (χ2v) is 4.80. The van der Waals surface area contributed by atoms with E-state index < -0.39 is 5.97 Å². The van der Waals surface area contributed by atoms with Crippen LogP contribution in [0, 0.1) is 6.92 Å². The quantitative estimate of drug-likeness (QED) is 0.479. The van der Waals surface area contributed by atoms with Crippen molar-refractivity contribution in [2.24, 2.45) is 0 Å². The van der Waals surface area contributed by atoms with Gasteiger partial charge in [-0.2, -0.15) is 0 Å². The molecule has 1 aromatic rings. The zero-order chi connectivity index (χ0) is 12.8. The van der Waals surface area contributed by atoms with E-state index in [-0.39, 0.29) is 0 Å². The first-order valence-electron chi connectivity index (χ1n) is 5.45. The number of thioether (sulfide) groups is 1. The Kier molecular flexibility index (Phi) is 5.10. The van der Waals surface area contributed by atoms with E-state index in [0.717, 1.165) is 16.1 Å². The van der Waals surface area contributed by atoms with E-state index in [4.69, 9.17) is 10.8 Å². The Morgan fingerprint density at radius 1 is 1.53 bits per heavy atom. The Morgan fingerprint density at radius 2 is 2.24 bits per heavy atom. The second kappa shape index (κ2) is 6.35. The van der Waals surface area contributed by atoms with Crippen molar-refractivity contribution < 1.29 is 9.90 Å². The van der Waals surface area contributed by atoms with Gasteiger partial charge in [0.2, 0.25) is 0 Å². The van der Waals surface area contributed by atoms with Crippen molar-refractivity contribution in [2.45, 2.75) is 25.2 Å². The minimum Gasteiger partial charge on any atom is -0.478 e. The van der Waals surface area contributed by atoms with Crippen molar-refractivity contribution in [1.29, 1.82) is 0 Å².